The highest BCUT2D eigenvalue weighted by atomic mass is 32.1. The van der Waals surface area contributed by atoms with Gasteiger partial charge in [-0.2, -0.15) is 5.10 Å². The molecule has 0 radical (unpaired) electrons. The molecule has 1 saturated carbocycles. The molecule has 1 atom stereocenters. The lowest BCUT2D eigenvalue weighted by Crippen LogP contribution is -2.41. The van der Waals surface area contributed by atoms with Crippen molar-refractivity contribution in [2.24, 2.45) is 11.8 Å². The quantitative estimate of drug-likeness (QED) is 0.370. The number of carbonyl (C=O) groups excluding carboxylic acids is 1. The van der Waals surface area contributed by atoms with E-state index in [-0.39, 0.29) is 0 Å². The number of ketones is 1. The molecule has 3 aromatic rings. The number of carbonyl (C=O) groups is 1. The van der Waals surface area contributed by atoms with Crippen LogP contribution in [0.5, 0.6) is 0 Å². The van der Waals surface area contributed by atoms with Gasteiger partial charge in [-0.3, -0.25) is 4.79 Å². The van der Waals surface area contributed by atoms with Crippen LogP contribution >= 0.6 is 11.3 Å². The Morgan fingerprint density at radius 3 is 2.62 bits per heavy atom. The van der Waals surface area contributed by atoms with Crippen LogP contribution in [0.3, 0.4) is 0 Å². The third kappa shape index (κ3) is 6.85. The van der Waals surface area contributed by atoms with Crippen LogP contribution in [0.25, 0.3) is 5.69 Å². The summed E-state index contributed by atoms with van der Waals surface area (Å²) in [5.41, 5.74) is 9.25. The average Bonchev–Trinajstić information content (AvgIpc) is 3.57. The molecule has 0 amide bonds. The molecule has 198 valence electrons. The molecule has 2 aliphatic carbocycles. The Morgan fingerprint density at radius 1 is 1.11 bits per heavy atom. The number of nitrogens with zero attached hydrogens (tertiary/aromatic N) is 5. The highest BCUT2D eigenvalue weighted by Crippen LogP contribution is 2.34. The molecule has 0 saturated heterocycles. The third-order valence-electron chi connectivity index (χ3n) is 8.29. The van der Waals surface area contributed by atoms with Crippen molar-refractivity contribution in [3.63, 3.8) is 0 Å². The maximum absolute atomic E-state index is 12.8. The Hall–Kier alpha value is -2.58. The summed E-state index contributed by atoms with van der Waals surface area (Å²) in [5.74, 6) is 1.72. The zero-order chi connectivity index (χ0) is 25.6. The van der Waals surface area contributed by atoms with Gasteiger partial charge < -0.3 is 10.6 Å². The number of thiazole rings is 1. The number of benzene rings is 1. The first-order valence-electron chi connectivity index (χ1n) is 14.0. The summed E-state index contributed by atoms with van der Waals surface area (Å²) >= 11 is 1.69. The standard InChI is InChI=1S/C29H40N6OS/c1-2-14-34(25-11-12-27-28(18-25)37-29(30)33-27)15-13-21-3-5-22(6-4-21)16-26(36)17-23-7-9-24(10-8-23)35-20-31-19-32-35/h7-10,19-22,25H,2-6,11-18H2,1H3,(H2,30,33)/t21?,22?,25-/m0/s1. The normalized spacial score (nSPS) is 21.7. The number of nitrogen functional groups attached to an aromatic ring is 1. The van der Waals surface area contributed by atoms with E-state index in [9.17, 15) is 4.79 Å². The second kappa shape index (κ2) is 12.3. The number of fused-ring (bicyclic) bond motifs is 1. The maximum Gasteiger partial charge on any atom is 0.180 e. The van der Waals surface area contributed by atoms with Crippen molar-refractivity contribution in [2.75, 3.05) is 18.8 Å². The molecule has 0 spiro atoms. The van der Waals surface area contributed by atoms with Crippen molar-refractivity contribution < 1.29 is 4.79 Å². The molecule has 5 rings (SSSR count). The van der Waals surface area contributed by atoms with Gasteiger partial charge in [0.15, 0.2) is 5.13 Å². The van der Waals surface area contributed by atoms with Crippen LogP contribution in [0.15, 0.2) is 36.9 Å². The van der Waals surface area contributed by atoms with Crippen molar-refractivity contribution in [1.82, 2.24) is 24.6 Å². The number of hydrogen-bond acceptors (Lipinski definition) is 7. The molecule has 0 aliphatic heterocycles. The highest BCUT2D eigenvalue weighted by Gasteiger charge is 2.28. The van der Waals surface area contributed by atoms with E-state index in [1.165, 1.54) is 74.9 Å². The fourth-order valence-electron chi connectivity index (χ4n) is 6.26. The Morgan fingerprint density at radius 2 is 1.89 bits per heavy atom. The van der Waals surface area contributed by atoms with Crippen LogP contribution in [0.4, 0.5) is 5.13 Å². The van der Waals surface area contributed by atoms with Gasteiger partial charge in [0.1, 0.15) is 18.4 Å². The minimum Gasteiger partial charge on any atom is -0.375 e. The minimum absolute atomic E-state index is 0.367. The Bertz CT molecular complexity index is 1130. The minimum atomic E-state index is 0.367. The number of hydrogen-bond donors (Lipinski definition) is 1. The van der Waals surface area contributed by atoms with Gasteiger partial charge >= 0.3 is 0 Å². The summed E-state index contributed by atoms with van der Waals surface area (Å²) < 4.78 is 1.73. The van der Waals surface area contributed by atoms with Crippen LogP contribution in [-0.4, -0.2) is 49.6 Å². The fraction of sp³-hybridized carbons (Fsp3) is 0.586. The van der Waals surface area contributed by atoms with E-state index < -0.39 is 0 Å². The number of aromatic nitrogens is 4. The molecule has 8 heteroatoms. The summed E-state index contributed by atoms with van der Waals surface area (Å²) in [6.45, 7) is 4.67. The van der Waals surface area contributed by atoms with E-state index in [0.29, 0.717) is 24.2 Å². The molecule has 37 heavy (non-hydrogen) atoms. The SMILES string of the molecule is CCCN(CCC1CCC(CC(=O)Cc2ccc(-n3cncn3)cc2)CC1)[C@H]1CCc2nc(N)sc2C1. The van der Waals surface area contributed by atoms with Crippen molar-refractivity contribution in [2.45, 2.75) is 83.6 Å². The van der Waals surface area contributed by atoms with Gasteiger partial charge in [-0.15, -0.1) is 11.3 Å². The number of aryl methyl sites for hydroxylation is 1. The topological polar surface area (TPSA) is 89.9 Å². The van der Waals surface area contributed by atoms with Gasteiger partial charge in [0.05, 0.1) is 11.4 Å². The molecule has 2 heterocycles. The van der Waals surface area contributed by atoms with Crippen molar-refractivity contribution >= 4 is 22.3 Å². The molecule has 2 aliphatic rings. The average molecular weight is 521 g/mol. The maximum atomic E-state index is 12.8. The molecule has 0 bridgehead atoms. The molecule has 1 aromatic carbocycles. The molecule has 2 aromatic heterocycles. The van der Waals surface area contributed by atoms with Crippen molar-refractivity contribution in [3.05, 3.63) is 53.1 Å². The first kappa shape index (κ1) is 26.0. The van der Waals surface area contributed by atoms with Gasteiger partial charge in [0, 0.05) is 23.8 Å². The zero-order valence-corrected chi connectivity index (χ0v) is 22.8. The lowest BCUT2D eigenvalue weighted by atomic mass is 9.78. The molecular weight excluding hydrogens is 480 g/mol. The predicted molar refractivity (Wildman–Crippen MR) is 149 cm³/mol. The predicted octanol–water partition coefficient (Wildman–Crippen LogP) is 5.27. The molecule has 1 fully saturated rings. The molecule has 7 nitrogen and oxygen atoms in total. The van der Waals surface area contributed by atoms with Gasteiger partial charge in [-0.1, -0.05) is 31.9 Å². The highest BCUT2D eigenvalue weighted by molar-refractivity contribution is 7.15. The van der Waals surface area contributed by atoms with E-state index in [1.54, 1.807) is 22.3 Å². The summed E-state index contributed by atoms with van der Waals surface area (Å²) in [5, 5.41) is 4.88. The number of anilines is 1. The number of nitrogens with two attached hydrogens (primary N) is 1. The van der Waals surface area contributed by atoms with Crippen LogP contribution in [-0.2, 0) is 24.1 Å². The Balaban J connectivity index is 1.04. The van der Waals surface area contributed by atoms with Crippen molar-refractivity contribution in [3.8, 4) is 5.69 Å². The van der Waals surface area contributed by atoms with Crippen LogP contribution < -0.4 is 5.73 Å². The Labute approximate surface area is 224 Å². The lowest BCUT2D eigenvalue weighted by Gasteiger charge is -2.36. The molecule has 2 N–H and O–H groups in total. The molecular formula is C29H40N6OS. The van der Waals surface area contributed by atoms with E-state index in [1.807, 2.05) is 24.3 Å². The smallest absolute Gasteiger partial charge is 0.180 e. The molecule has 0 unspecified atom stereocenters. The van der Waals surface area contributed by atoms with Crippen LogP contribution in [0, 0.1) is 11.8 Å². The summed E-state index contributed by atoms with van der Waals surface area (Å²) in [6, 6.07) is 8.70. The monoisotopic (exact) mass is 520 g/mol. The number of Topliss-reactive ketones (excluding diaryl/α,β-unsaturated/α-hetero) is 1. The van der Waals surface area contributed by atoms with Crippen molar-refractivity contribution in [1.29, 1.82) is 0 Å². The van der Waals surface area contributed by atoms with E-state index >= 15 is 0 Å². The van der Waals surface area contributed by atoms with Crippen LogP contribution in [0.1, 0.15) is 74.4 Å². The van der Waals surface area contributed by atoms with Gasteiger partial charge in [-0.25, -0.2) is 14.6 Å². The fourth-order valence-corrected chi connectivity index (χ4v) is 7.21. The van der Waals surface area contributed by atoms with E-state index in [4.69, 9.17) is 5.73 Å². The van der Waals surface area contributed by atoms with Gasteiger partial charge in [-0.05, 0) is 87.6 Å². The first-order valence-corrected chi connectivity index (χ1v) is 14.8. The van der Waals surface area contributed by atoms with Gasteiger partial charge in [0.25, 0.3) is 0 Å². The second-order valence-corrected chi connectivity index (χ2v) is 12.1. The van der Waals surface area contributed by atoms with E-state index in [2.05, 4.69) is 26.9 Å². The van der Waals surface area contributed by atoms with E-state index in [0.717, 1.165) is 41.6 Å². The largest absolute Gasteiger partial charge is 0.375 e. The Kier molecular flexibility index (Phi) is 8.66. The first-order chi connectivity index (χ1) is 18.1. The number of rotatable bonds is 11. The lowest BCUT2D eigenvalue weighted by molar-refractivity contribution is -0.119. The van der Waals surface area contributed by atoms with Crippen LogP contribution in [0.2, 0.25) is 0 Å². The van der Waals surface area contributed by atoms with Gasteiger partial charge in [0.2, 0.25) is 0 Å². The summed E-state index contributed by atoms with van der Waals surface area (Å²) in [7, 11) is 0. The summed E-state index contributed by atoms with van der Waals surface area (Å²) in [4.78, 5) is 25.4. The zero-order valence-electron chi connectivity index (χ0n) is 22.0. The summed E-state index contributed by atoms with van der Waals surface area (Å²) in [6.07, 6.45) is 15.3. The second-order valence-electron chi connectivity index (χ2n) is 11.0. The third-order valence-corrected chi connectivity index (χ3v) is 9.23.